The first kappa shape index (κ1) is 8.81. The smallest absolute Gasteiger partial charge is 0.330 e. The van der Waals surface area contributed by atoms with Gasteiger partial charge in [-0.3, -0.25) is 0 Å². The summed E-state index contributed by atoms with van der Waals surface area (Å²) in [7, 11) is 0. The molecule has 10 heavy (non-hydrogen) atoms. The Morgan fingerprint density at radius 1 is 1.90 bits per heavy atom. The molecule has 0 rings (SSSR count). The van der Waals surface area contributed by atoms with Gasteiger partial charge in [0.15, 0.2) is 6.04 Å². The van der Waals surface area contributed by atoms with Crippen LogP contribution < -0.4 is 0 Å². The maximum absolute atomic E-state index is 10.1. The Labute approximate surface area is 59.3 Å². The highest BCUT2D eigenvalue weighted by Gasteiger charge is 2.06. The van der Waals surface area contributed by atoms with Crippen molar-refractivity contribution in [2.75, 3.05) is 6.54 Å². The second-order valence-electron chi connectivity index (χ2n) is 1.74. The highest BCUT2D eigenvalue weighted by atomic mass is 16.4. The summed E-state index contributed by atoms with van der Waals surface area (Å²) >= 11 is 0. The van der Waals surface area contributed by atoms with Gasteiger partial charge in [-0.15, -0.1) is 6.58 Å². The molecule has 4 heteroatoms. The van der Waals surface area contributed by atoms with Crippen LogP contribution in [0.5, 0.6) is 0 Å². The Kier molecular flexibility index (Phi) is 4.11. The molecule has 1 unspecified atom stereocenters. The summed E-state index contributed by atoms with van der Waals surface area (Å²) in [5, 5.41) is 15.3. The molecule has 0 saturated carbocycles. The largest absolute Gasteiger partial charge is 0.480 e. The fourth-order valence-corrected chi connectivity index (χ4v) is 0.277. The first-order valence-corrected chi connectivity index (χ1v) is 2.88. The van der Waals surface area contributed by atoms with Crippen LogP contribution in [0.1, 0.15) is 6.92 Å². The number of carboxylic acid groups (broad SMARTS) is 1. The third-order valence-corrected chi connectivity index (χ3v) is 0.823. The zero-order valence-corrected chi connectivity index (χ0v) is 5.82. The summed E-state index contributed by atoms with van der Waals surface area (Å²) in [5.74, 6) is -0.965. The molecule has 1 N–H and O–H groups in total. The highest BCUT2D eigenvalue weighted by Crippen LogP contribution is 1.89. The molecule has 0 aliphatic heterocycles. The molecule has 0 aromatic rings. The van der Waals surface area contributed by atoms with Crippen LogP contribution in [0.15, 0.2) is 22.9 Å². The van der Waals surface area contributed by atoms with Gasteiger partial charge in [-0.25, -0.2) is 4.79 Å². The number of rotatable bonds is 4. The fourth-order valence-electron chi connectivity index (χ4n) is 0.277. The standard InChI is InChI=1S/C6H10N2O2/c1-3-4-7-8-5(2)6(9)10/h3,5H,1,4H2,2H3,(H,9,10). The van der Waals surface area contributed by atoms with Crippen molar-refractivity contribution in [1.82, 2.24) is 0 Å². The number of nitrogens with zero attached hydrogens (tertiary/aromatic N) is 2. The van der Waals surface area contributed by atoms with E-state index >= 15 is 0 Å². The van der Waals surface area contributed by atoms with E-state index in [9.17, 15) is 4.79 Å². The lowest BCUT2D eigenvalue weighted by atomic mass is 10.4. The Morgan fingerprint density at radius 2 is 2.50 bits per heavy atom. The molecule has 0 spiro atoms. The van der Waals surface area contributed by atoms with Gasteiger partial charge in [0.25, 0.3) is 0 Å². The molecular weight excluding hydrogens is 132 g/mol. The summed E-state index contributed by atoms with van der Waals surface area (Å²) in [5.41, 5.74) is 0. The molecule has 0 radical (unpaired) electrons. The molecule has 0 aromatic heterocycles. The molecular formula is C6H10N2O2. The average Bonchev–Trinajstić information content (AvgIpc) is 1.88. The second kappa shape index (κ2) is 4.67. The molecule has 4 nitrogen and oxygen atoms in total. The van der Waals surface area contributed by atoms with Crippen LogP contribution in [0, 0.1) is 0 Å². The van der Waals surface area contributed by atoms with E-state index in [1.165, 1.54) is 6.92 Å². The first-order chi connectivity index (χ1) is 4.68. The topological polar surface area (TPSA) is 62.0 Å². The zero-order valence-electron chi connectivity index (χ0n) is 5.82. The number of azo groups is 1. The average molecular weight is 142 g/mol. The van der Waals surface area contributed by atoms with Crippen molar-refractivity contribution >= 4 is 5.97 Å². The number of aliphatic carboxylic acids is 1. The quantitative estimate of drug-likeness (QED) is 0.472. The molecule has 0 saturated heterocycles. The van der Waals surface area contributed by atoms with Crippen molar-refractivity contribution in [2.24, 2.45) is 10.2 Å². The minimum atomic E-state index is -0.965. The van der Waals surface area contributed by atoms with Gasteiger partial charge in [0, 0.05) is 0 Å². The number of hydrogen-bond donors (Lipinski definition) is 1. The van der Waals surface area contributed by atoms with Crippen molar-refractivity contribution in [3.8, 4) is 0 Å². The normalized spacial score (nSPS) is 13.3. The van der Waals surface area contributed by atoms with E-state index in [0.29, 0.717) is 6.54 Å². The lowest BCUT2D eigenvalue weighted by Crippen LogP contribution is -2.12. The van der Waals surface area contributed by atoms with Crippen LogP contribution in [0.4, 0.5) is 0 Å². The first-order valence-electron chi connectivity index (χ1n) is 2.88. The summed E-state index contributed by atoms with van der Waals surface area (Å²) in [6, 6.07) is -0.750. The van der Waals surface area contributed by atoms with Crippen LogP contribution in [0.3, 0.4) is 0 Å². The van der Waals surface area contributed by atoms with Gasteiger partial charge in [-0.1, -0.05) is 6.08 Å². The third kappa shape index (κ3) is 3.77. The molecule has 0 bridgehead atoms. The van der Waals surface area contributed by atoms with Crippen LogP contribution in [-0.2, 0) is 4.79 Å². The lowest BCUT2D eigenvalue weighted by Gasteiger charge is -1.93. The number of carbonyl (C=O) groups is 1. The van der Waals surface area contributed by atoms with Crippen molar-refractivity contribution in [1.29, 1.82) is 0 Å². The van der Waals surface area contributed by atoms with Gasteiger partial charge in [-0.05, 0) is 6.92 Å². The summed E-state index contributed by atoms with van der Waals surface area (Å²) in [4.78, 5) is 10.1. The van der Waals surface area contributed by atoms with E-state index in [4.69, 9.17) is 5.11 Å². The third-order valence-electron chi connectivity index (χ3n) is 0.823. The number of carboxylic acids is 1. The van der Waals surface area contributed by atoms with Crippen LogP contribution >= 0.6 is 0 Å². The minimum Gasteiger partial charge on any atom is -0.480 e. The Bertz CT molecular complexity index is 154. The van der Waals surface area contributed by atoms with Crippen molar-refractivity contribution in [3.05, 3.63) is 12.7 Å². The van der Waals surface area contributed by atoms with Crippen LogP contribution in [0.2, 0.25) is 0 Å². The molecule has 1 atom stereocenters. The van der Waals surface area contributed by atoms with E-state index < -0.39 is 12.0 Å². The summed E-state index contributed by atoms with van der Waals surface area (Å²) in [6.45, 7) is 5.24. The second-order valence-corrected chi connectivity index (χ2v) is 1.74. The molecule has 0 aliphatic rings. The highest BCUT2D eigenvalue weighted by molar-refractivity contribution is 5.72. The SMILES string of the molecule is C=CCN=NC(C)C(=O)O. The van der Waals surface area contributed by atoms with Gasteiger partial charge in [0.05, 0.1) is 6.54 Å². The molecule has 0 aliphatic carbocycles. The fraction of sp³-hybridized carbons (Fsp3) is 0.500. The van der Waals surface area contributed by atoms with Crippen molar-refractivity contribution in [2.45, 2.75) is 13.0 Å². The van der Waals surface area contributed by atoms with Gasteiger partial charge < -0.3 is 5.11 Å². The maximum Gasteiger partial charge on any atom is 0.330 e. The van der Waals surface area contributed by atoms with Gasteiger partial charge in [0.1, 0.15) is 0 Å². The van der Waals surface area contributed by atoms with Crippen molar-refractivity contribution < 1.29 is 9.90 Å². The van der Waals surface area contributed by atoms with E-state index in [1.54, 1.807) is 6.08 Å². The Hall–Kier alpha value is -1.19. The zero-order chi connectivity index (χ0) is 7.98. The van der Waals surface area contributed by atoms with Gasteiger partial charge in [0.2, 0.25) is 0 Å². The maximum atomic E-state index is 10.1. The van der Waals surface area contributed by atoms with E-state index in [0.717, 1.165) is 0 Å². The molecule has 56 valence electrons. The molecule has 0 amide bonds. The molecule has 0 heterocycles. The van der Waals surface area contributed by atoms with E-state index in [1.807, 2.05) is 0 Å². The minimum absolute atomic E-state index is 0.373. The van der Waals surface area contributed by atoms with Gasteiger partial charge in [-0.2, -0.15) is 10.2 Å². The van der Waals surface area contributed by atoms with Crippen LogP contribution in [-0.4, -0.2) is 23.7 Å². The predicted octanol–water partition coefficient (Wildman–Crippen LogP) is 1.10. The van der Waals surface area contributed by atoms with Crippen LogP contribution in [0.25, 0.3) is 0 Å². The monoisotopic (exact) mass is 142 g/mol. The summed E-state index contributed by atoms with van der Waals surface area (Å²) < 4.78 is 0. The van der Waals surface area contributed by atoms with E-state index in [2.05, 4.69) is 16.8 Å². The van der Waals surface area contributed by atoms with E-state index in [-0.39, 0.29) is 0 Å². The van der Waals surface area contributed by atoms with Crippen molar-refractivity contribution in [3.63, 3.8) is 0 Å². The molecule has 0 aromatic carbocycles. The lowest BCUT2D eigenvalue weighted by molar-refractivity contribution is -0.138. The summed E-state index contributed by atoms with van der Waals surface area (Å²) in [6.07, 6.45) is 1.55. The van der Waals surface area contributed by atoms with Gasteiger partial charge >= 0.3 is 5.97 Å². The Balaban J connectivity index is 3.65. The predicted molar refractivity (Wildman–Crippen MR) is 37.0 cm³/mol. The molecule has 0 fully saturated rings. The Morgan fingerprint density at radius 3 is 2.90 bits per heavy atom. The number of hydrogen-bond acceptors (Lipinski definition) is 3.